The zero-order valence-electron chi connectivity index (χ0n) is 12.7. The molecule has 0 spiro atoms. The number of benzene rings is 1. The lowest BCUT2D eigenvalue weighted by atomic mass is 9.71. The van der Waals surface area contributed by atoms with E-state index in [2.05, 4.69) is 4.18 Å². The van der Waals surface area contributed by atoms with E-state index in [9.17, 15) is 13.5 Å². The molecule has 1 unspecified atom stereocenters. The third-order valence-electron chi connectivity index (χ3n) is 4.37. The summed E-state index contributed by atoms with van der Waals surface area (Å²) >= 11 is 12.6. The maximum Gasteiger partial charge on any atom is 0.333 e. The predicted octanol–water partition coefficient (Wildman–Crippen LogP) is 3.38. The van der Waals surface area contributed by atoms with Gasteiger partial charge in [0.1, 0.15) is 0 Å². The first-order valence-electron chi connectivity index (χ1n) is 7.56. The van der Waals surface area contributed by atoms with E-state index < -0.39 is 21.8 Å². The average molecular weight is 382 g/mol. The van der Waals surface area contributed by atoms with Crippen LogP contribution in [0.2, 0.25) is 10.0 Å². The van der Waals surface area contributed by atoms with Gasteiger partial charge in [-0.1, -0.05) is 48.5 Å². The van der Waals surface area contributed by atoms with E-state index in [1.807, 2.05) is 0 Å². The van der Waals surface area contributed by atoms with Crippen molar-refractivity contribution in [3.05, 3.63) is 33.8 Å². The summed E-state index contributed by atoms with van der Waals surface area (Å²) in [4.78, 5) is 0. The van der Waals surface area contributed by atoms with Crippen molar-refractivity contribution >= 4 is 33.5 Å². The molecule has 1 saturated carbocycles. The minimum absolute atomic E-state index is 0.132. The first-order valence-corrected chi connectivity index (χ1v) is 9.79. The second-order valence-corrected chi connectivity index (χ2v) is 7.99. The molecule has 23 heavy (non-hydrogen) atoms. The fourth-order valence-electron chi connectivity index (χ4n) is 3.32. The summed E-state index contributed by atoms with van der Waals surface area (Å²) in [5.41, 5.74) is -0.340. The second kappa shape index (κ2) is 7.68. The lowest BCUT2D eigenvalue weighted by Crippen LogP contribution is -2.39. The monoisotopic (exact) mass is 381 g/mol. The smallest absolute Gasteiger partial charge is 0.333 e. The van der Waals surface area contributed by atoms with E-state index in [0.29, 0.717) is 28.5 Å². The highest BCUT2D eigenvalue weighted by atomic mass is 35.5. The van der Waals surface area contributed by atoms with E-state index >= 15 is 0 Å². The van der Waals surface area contributed by atoms with Gasteiger partial charge in [-0.25, -0.2) is 5.14 Å². The Morgan fingerprint density at radius 1 is 1.22 bits per heavy atom. The summed E-state index contributed by atoms with van der Waals surface area (Å²) < 4.78 is 26.6. The van der Waals surface area contributed by atoms with Crippen LogP contribution in [0.15, 0.2) is 18.2 Å². The second-order valence-electron chi connectivity index (χ2n) is 5.96. The van der Waals surface area contributed by atoms with Gasteiger partial charge in [-0.05, 0) is 37.0 Å². The van der Waals surface area contributed by atoms with E-state index in [0.717, 1.165) is 19.3 Å². The Kier molecular flexibility index (Phi) is 6.33. The van der Waals surface area contributed by atoms with Gasteiger partial charge in [0.05, 0.1) is 12.2 Å². The fourth-order valence-corrected chi connectivity index (χ4v) is 4.31. The number of hydrogen-bond donors (Lipinski definition) is 2. The van der Waals surface area contributed by atoms with Gasteiger partial charge in [0, 0.05) is 16.0 Å². The SMILES string of the molecule is NS(=O)(=O)OCCC(c1c(Cl)cccc1Cl)C1(O)CCCCC1. The highest BCUT2D eigenvalue weighted by molar-refractivity contribution is 7.84. The van der Waals surface area contributed by atoms with Gasteiger partial charge in [0.2, 0.25) is 0 Å². The highest BCUT2D eigenvalue weighted by Gasteiger charge is 2.40. The van der Waals surface area contributed by atoms with Crippen LogP contribution in [-0.2, 0) is 14.5 Å². The van der Waals surface area contributed by atoms with Crippen molar-refractivity contribution in [2.75, 3.05) is 6.61 Å². The van der Waals surface area contributed by atoms with Crippen molar-refractivity contribution in [2.45, 2.75) is 50.0 Å². The molecule has 0 radical (unpaired) electrons. The van der Waals surface area contributed by atoms with Crippen LogP contribution in [-0.4, -0.2) is 25.7 Å². The third kappa shape index (κ3) is 5.05. The normalized spacial score (nSPS) is 19.5. The molecular weight excluding hydrogens is 361 g/mol. The zero-order chi connectivity index (χ0) is 17.1. The molecule has 0 amide bonds. The van der Waals surface area contributed by atoms with Crippen molar-refractivity contribution in [3.63, 3.8) is 0 Å². The molecule has 1 fully saturated rings. The number of aliphatic hydroxyl groups is 1. The Labute approximate surface area is 147 Å². The van der Waals surface area contributed by atoms with Gasteiger partial charge >= 0.3 is 10.3 Å². The van der Waals surface area contributed by atoms with Crippen LogP contribution in [0.1, 0.15) is 50.0 Å². The summed E-state index contributed by atoms with van der Waals surface area (Å²) in [6.07, 6.45) is 4.38. The molecule has 0 heterocycles. The standard InChI is InChI=1S/C15H21Cl2NO4S/c16-12-5-4-6-13(17)14(12)11(7-10-22-23(18,20)21)15(19)8-2-1-3-9-15/h4-6,11,19H,1-3,7-10H2,(H2,18,20,21). The molecular formula is C15H21Cl2NO4S. The molecule has 2 rings (SSSR count). The molecule has 0 saturated heterocycles. The molecule has 1 aromatic rings. The average Bonchev–Trinajstić information content (AvgIpc) is 2.45. The van der Waals surface area contributed by atoms with Gasteiger partial charge < -0.3 is 5.11 Å². The van der Waals surface area contributed by atoms with Crippen LogP contribution < -0.4 is 5.14 Å². The Hall–Kier alpha value is -0.370. The Bertz CT molecular complexity index is 625. The third-order valence-corrected chi connectivity index (χ3v) is 5.52. The maximum absolute atomic E-state index is 11.1. The molecule has 3 N–H and O–H groups in total. The van der Waals surface area contributed by atoms with Crippen LogP contribution >= 0.6 is 23.2 Å². The van der Waals surface area contributed by atoms with Crippen molar-refractivity contribution in [3.8, 4) is 0 Å². The van der Waals surface area contributed by atoms with Gasteiger partial charge in [0.15, 0.2) is 0 Å². The molecule has 8 heteroatoms. The van der Waals surface area contributed by atoms with Gasteiger partial charge in [0.25, 0.3) is 0 Å². The van der Waals surface area contributed by atoms with E-state index in [4.69, 9.17) is 28.3 Å². The van der Waals surface area contributed by atoms with E-state index in [1.165, 1.54) is 0 Å². The summed E-state index contributed by atoms with van der Waals surface area (Å²) in [6.45, 7) is -0.132. The number of nitrogens with two attached hydrogens (primary N) is 1. The van der Waals surface area contributed by atoms with Crippen LogP contribution in [0.25, 0.3) is 0 Å². The molecule has 0 aromatic heterocycles. The first kappa shape index (κ1) is 19.0. The molecule has 1 aliphatic carbocycles. The maximum atomic E-state index is 11.1. The summed E-state index contributed by atoms with van der Waals surface area (Å²) in [7, 11) is -4.02. The van der Waals surface area contributed by atoms with Gasteiger partial charge in [-0.15, -0.1) is 0 Å². The van der Waals surface area contributed by atoms with Crippen molar-refractivity contribution in [1.82, 2.24) is 0 Å². The number of rotatable bonds is 6. The van der Waals surface area contributed by atoms with Crippen LogP contribution in [0.3, 0.4) is 0 Å². The van der Waals surface area contributed by atoms with Crippen molar-refractivity contribution < 1.29 is 17.7 Å². The topological polar surface area (TPSA) is 89.6 Å². The van der Waals surface area contributed by atoms with Gasteiger partial charge in [-0.3, -0.25) is 4.18 Å². The van der Waals surface area contributed by atoms with Crippen molar-refractivity contribution in [2.24, 2.45) is 5.14 Å². The first-order chi connectivity index (χ1) is 10.7. The zero-order valence-corrected chi connectivity index (χ0v) is 15.0. The van der Waals surface area contributed by atoms with E-state index in [1.54, 1.807) is 18.2 Å². The Balaban J connectivity index is 2.31. The molecule has 0 bridgehead atoms. The van der Waals surface area contributed by atoms with Crippen molar-refractivity contribution in [1.29, 1.82) is 0 Å². The molecule has 1 atom stereocenters. The lowest BCUT2D eigenvalue weighted by molar-refractivity contribution is -0.0269. The molecule has 1 aliphatic rings. The molecule has 130 valence electrons. The number of hydrogen-bond acceptors (Lipinski definition) is 4. The van der Waals surface area contributed by atoms with Crippen LogP contribution in [0.4, 0.5) is 0 Å². The minimum Gasteiger partial charge on any atom is -0.389 e. The Morgan fingerprint density at radius 2 is 1.78 bits per heavy atom. The summed E-state index contributed by atoms with van der Waals surface area (Å²) in [6, 6.07) is 5.15. The summed E-state index contributed by atoms with van der Waals surface area (Å²) in [5, 5.41) is 16.9. The minimum atomic E-state index is -4.02. The van der Waals surface area contributed by atoms with Gasteiger partial charge in [-0.2, -0.15) is 8.42 Å². The highest BCUT2D eigenvalue weighted by Crippen LogP contribution is 2.46. The quantitative estimate of drug-likeness (QED) is 0.789. The Morgan fingerprint density at radius 3 is 2.30 bits per heavy atom. The van der Waals surface area contributed by atoms with Crippen LogP contribution in [0, 0.1) is 0 Å². The predicted molar refractivity (Wildman–Crippen MR) is 90.9 cm³/mol. The largest absolute Gasteiger partial charge is 0.389 e. The number of halogens is 2. The molecule has 1 aromatic carbocycles. The summed E-state index contributed by atoms with van der Waals surface area (Å²) in [5.74, 6) is -0.411. The van der Waals surface area contributed by atoms with Crippen LogP contribution in [0.5, 0.6) is 0 Å². The lowest BCUT2D eigenvalue weighted by Gasteiger charge is -2.40. The van der Waals surface area contributed by atoms with E-state index in [-0.39, 0.29) is 13.0 Å². The molecule has 0 aliphatic heterocycles. The molecule has 5 nitrogen and oxygen atoms in total. The fraction of sp³-hybridized carbons (Fsp3) is 0.600.